The summed E-state index contributed by atoms with van der Waals surface area (Å²) in [4.78, 5) is 14.4. The molecular formula is C13H15NO2. The van der Waals surface area contributed by atoms with Crippen molar-refractivity contribution in [3.63, 3.8) is 0 Å². The summed E-state index contributed by atoms with van der Waals surface area (Å²) in [6, 6.07) is 5.91. The molecule has 0 saturated heterocycles. The van der Waals surface area contributed by atoms with Gasteiger partial charge in [0.05, 0.1) is 12.0 Å². The van der Waals surface area contributed by atoms with Gasteiger partial charge in [0.1, 0.15) is 5.75 Å². The minimum Gasteiger partial charge on any atom is -0.492 e. The first-order chi connectivity index (χ1) is 7.76. The van der Waals surface area contributed by atoms with Crippen LogP contribution in [0.1, 0.15) is 19.4 Å². The lowest BCUT2D eigenvalue weighted by atomic mass is 10.1. The van der Waals surface area contributed by atoms with Crippen LogP contribution in [0.3, 0.4) is 0 Å². The van der Waals surface area contributed by atoms with Gasteiger partial charge in [-0.15, -0.1) is 0 Å². The van der Waals surface area contributed by atoms with Crippen LogP contribution in [-0.4, -0.2) is 11.6 Å². The van der Waals surface area contributed by atoms with Crippen molar-refractivity contribution < 1.29 is 4.74 Å². The van der Waals surface area contributed by atoms with E-state index in [1.807, 2.05) is 25.1 Å². The molecule has 0 aliphatic heterocycles. The van der Waals surface area contributed by atoms with Crippen molar-refractivity contribution in [2.24, 2.45) is 0 Å². The Morgan fingerprint density at radius 2 is 2.06 bits per heavy atom. The standard InChI is InChI=1S/C13H15NO2/c1-3-9-5-6-10-11(7-9)13(15)14-8-12(10)16-4-2/h5-8H,3-4H2,1-2H3,(H,14,15). The molecule has 0 radical (unpaired) electrons. The second kappa shape index (κ2) is 4.39. The van der Waals surface area contributed by atoms with Gasteiger partial charge < -0.3 is 9.72 Å². The van der Waals surface area contributed by atoms with E-state index in [-0.39, 0.29) is 5.56 Å². The van der Waals surface area contributed by atoms with Crippen LogP contribution < -0.4 is 10.3 Å². The molecule has 16 heavy (non-hydrogen) atoms. The zero-order valence-corrected chi connectivity index (χ0v) is 9.54. The summed E-state index contributed by atoms with van der Waals surface area (Å²) in [5.41, 5.74) is 1.10. The Labute approximate surface area is 94.1 Å². The topological polar surface area (TPSA) is 42.1 Å². The van der Waals surface area contributed by atoms with E-state index in [0.717, 1.165) is 23.1 Å². The van der Waals surface area contributed by atoms with E-state index in [9.17, 15) is 4.79 Å². The monoisotopic (exact) mass is 217 g/mol. The van der Waals surface area contributed by atoms with Crippen molar-refractivity contribution in [3.05, 3.63) is 40.3 Å². The molecule has 84 valence electrons. The van der Waals surface area contributed by atoms with E-state index in [4.69, 9.17) is 4.74 Å². The summed E-state index contributed by atoms with van der Waals surface area (Å²) in [5.74, 6) is 0.736. The first-order valence-corrected chi connectivity index (χ1v) is 5.53. The molecule has 3 heteroatoms. The fourth-order valence-electron chi connectivity index (χ4n) is 1.78. The van der Waals surface area contributed by atoms with Crippen molar-refractivity contribution in [3.8, 4) is 5.75 Å². The van der Waals surface area contributed by atoms with Crippen molar-refractivity contribution in [2.45, 2.75) is 20.3 Å². The van der Waals surface area contributed by atoms with Gasteiger partial charge in [-0.1, -0.05) is 19.1 Å². The Hall–Kier alpha value is -1.77. The number of nitrogens with one attached hydrogen (secondary N) is 1. The van der Waals surface area contributed by atoms with E-state index in [2.05, 4.69) is 11.9 Å². The Morgan fingerprint density at radius 1 is 1.25 bits per heavy atom. The van der Waals surface area contributed by atoms with Crippen molar-refractivity contribution >= 4 is 10.8 Å². The summed E-state index contributed by atoms with van der Waals surface area (Å²) in [7, 11) is 0. The zero-order chi connectivity index (χ0) is 11.5. The van der Waals surface area contributed by atoms with Gasteiger partial charge in [0.25, 0.3) is 5.56 Å². The lowest BCUT2D eigenvalue weighted by Crippen LogP contribution is -2.07. The van der Waals surface area contributed by atoms with E-state index in [1.54, 1.807) is 6.20 Å². The molecule has 3 nitrogen and oxygen atoms in total. The number of hydrogen-bond donors (Lipinski definition) is 1. The van der Waals surface area contributed by atoms with Crippen LogP contribution in [0.2, 0.25) is 0 Å². The minimum absolute atomic E-state index is 0.0613. The Bertz CT molecular complexity index is 557. The molecule has 0 saturated carbocycles. The maximum atomic E-state index is 11.7. The quantitative estimate of drug-likeness (QED) is 0.858. The first-order valence-electron chi connectivity index (χ1n) is 5.53. The number of aromatic nitrogens is 1. The number of rotatable bonds is 3. The molecule has 0 aliphatic rings. The molecule has 1 aromatic carbocycles. The maximum Gasteiger partial charge on any atom is 0.256 e. The van der Waals surface area contributed by atoms with Gasteiger partial charge >= 0.3 is 0 Å². The van der Waals surface area contributed by atoms with Crippen LogP contribution in [0.15, 0.2) is 29.2 Å². The highest BCUT2D eigenvalue weighted by Gasteiger charge is 2.05. The van der Waals surface area contributed by atoms with Crippen LogP contribution in [0.5, 0.6) is 5.75 Å². The third-order valence-electron chi connectivity index (χ3n) is 2.64. The van der Waals surface area contributed by atoms with Gasteiger partial charge in [-0.25, -0.2) is 0 Å². The maximum absolute atomic E-state index is 11.7. The molecule has 0 unspecified atom stereocenters. The number of benzene rings is 1. The largest absolute Gasteiger partial charge is 0.492 e. The minimum atomic E-state index is -0.0613. The first kappa shape index (κ1) is 10.7. The molecule has 1 N–H and O–H groups in total. The third-order valence-corrected chi connectivity index (χ3v) is 2.64. The lowest BCUT2D eigenvalue weighted by Gasteiger charge is -2.07. The molecule has 0 aliphatic carbocycles. The van der Waals surface area contributed by atoms with Gasteiger partial charge in [-0.2, -0.15) is 0 Å². The van der Waals surface area contributed by atoms with Gasteiger partial charge in [-0.05, 0) is 25.0 Å². The molecule has 0 spiro atoms. The second-order valence-corrected chi connectivity index (χ2v) is 3.65. The van der Waals surface area contributed by atoms with Crippen LogP contribution >= 0.6 is 0 Å². The SMILES string of the molecule is CCOc1c[nH]c(=O)c2cc(CC)ccc12. The number of fused-ring (bicyclic) bond motifs is 1. The average Bonchev–Trinajstić information content (AvgIpc) is 2.33. The summed E-state index contributed by atoms with van der Waals surface area (Å²) in [6.45, 7) is 4.59. The van der Waals surface area contributed by atoms with Gasteiger partial charge in [0.2, 0.25) is 0 Å². The highest BCUT2D eigenvalue weighted by molar-refractivity contribution is 5.87. The number of H-pyrrole nitrogens is 1. The van der Waals surface area contributed by atoms with Crippen LogP contribution in [0, 0.1) is 0 Å². The number of pyridine rings is 1. The average molecular weight is 217 g/mol. The van der Waals surface area contributed by atoms with Crippen molar-refractivity contribution in [1.29, 1.82) is 0 Å². The number of hydrogen-bond acceptors (Lipinski definition) is 2. The molecular weight excluding hydrogens is 202 g/mol. The van der Waals surface area contributed by atoms with Gasteiger partial charge in [0, 0.05) is 11.6 Å². The van der Waals surface area contributed by atoms with E-state index >= 15 is 0 Å². The molecule has 2 aromatic rings. The van der Waals surface area contributed by atoms with E-state index in [0.29, 0.717) is 12.0 Å². The Balaban J connectivity index is 2.70. The number of aryl methyl sites for hydroxylation is 1. The van der Waals surface area contributed by atoms with Crippen LogP contribution in [0.4, 0.5) is 0 Å². The normalized spacial score (nSPS) is 10.6. The van der Waals surface area contributed by atoms with Crippen LogP contribution in [-0.2, 0) is 6.42 Å². The van der Waals surface area contributed by atoms with Crippen molar-refractivity contribution in [1.82, 2.24) is 4.98 Å². The molecule has 0 atom stereocenters. The summed E-state index contributed by atoms with van der Waals surface area (Å²) >= 11 is 0. The highest BCUT2D eigenvalue weighted by Crippen LogP contribution is 2.23. The van der Waals surface area contributed by atoms with E-state index in [1.165, 1.54) is 0 Å². The fourth-order valence-corrected chi connectivity index (χ4v) is 1.78. The van der Waals surface area contributed by atoms with E-state index < -0.39 is 0 Å². The van der Waals surface area contributed by atoms with Gasteiger partial charge in [-0.3, -0.25) is 4.79 Å². The molecule has 1 heterocycles. The zero-order valence-electron chi connectivity index (χ0n) is 9.54. The summed E-state index contributed by atoms with van der Waals surface area (Å²) in [5, 5.41) is 1.58. The summed E-state index contributed by atoms with van der Waals surface area (Å²) < 4.78 is 5.48. The smallest absolute Gasteiger partial charge is 0.256 e. The Kier molecular flexibility index (Phi) is 2.95. The van der Waals surface area contributed by atoms with Crippen LogP contribution in [0.25, 0.3) is 10.8 Å². The highest BCUT2D eigenvalue weighted by atomic mass is 16.5. The second-order valence-electron chi connectivity index (χ2n) is 3.65. The third kappa shape index (κ3) is 1.81. The molecule has 0 amide bonds. The number of ether oxygens (including phenoxy) is 1. The van der Waals surface area contributed by atoms with Crippen molar-refractivity contribution in [2.75, 3.05) is 6.61 Å². The molecule has 0 bridgehead atoms. The molecule has 2 rings (SSSR count). The Morgan fingerprint density at radius 3 is 2.75 bits per heavy atom. The lowest BCUT2D eigenvalue weighted by molar-refractivity contribution is 0.343. The van der Waals surface area contributed by atoms with Gasteiger partial charge in [0.15, 0.2) is 0 Å². The number of aromatic amines is 1. The molecule has 1 aromatic heterocycles. The molecule has 0 fully saturated rings. The summed E-state index contributed by atoms with van der Waals surface area (Å²) in [6.07, 6.45) is 2.55. The fraction of sp³-hybridized carbons (Fsp3) is 0.308. The predicted molar refractivity (Wildman–Crippen MR) is 65.1 cm³/mol. The predicted octanol–water partition coefficient (Wildman–Crippen LogP) is 2.49.